The summed E-state index contributed by atoms with van der Waals surface area (Å²) in [7, 11) is -0.984. The molecular weight excluding hydrogens is 204 g/mol. The molecule has 92 valence electrons. The number of hydrogen-bond donors (Lipinski definition) is 0. The van der Waals surface area contributed by atoms with Crippen molar-refractivity contribution in [2.24, 2.45) is 0 Å². The first-order valence-electron chi connectivity index (χ1n) is 6.51. The van der Waals surface area contributed by atoms with Gasteiger partial charge in [0.25, 0.3) is 0 Å². The smallest absolute Gasteiger partial charge is 0.180 e. The van der Waals surface area contributed by atoms with Crippen molar-refractivity contribution in [2.75, 3.05) is 6.61 Å². The maximum Gasteiger partial charge on any atom is 0.180 e. The van der Waals surface area contributed by atoms with E-state index >= 15 is 0 Å². The lowest BCUT2D eigenvalue weighted by Crippen LogP contribution is -2.25. The van der Waals surface area contributed by atoms with Gasteiger partial charge in [-0.05, 0) is 25.9 Å². The van der Waals surface area contributed by atoms with Gasteiger partial charge in [-0.15, -0.1) is 0 Å². The highest BCUT2D eigenvalue weighted by Crippen LogP contribution is 2.13. The molecule has 0 heterocycles. The topological polar surface area (TPSA) is 18.5 Å². The molecule has 3 heteroatoms. The Kier molecular flexibility index (Phi) is 10.7. The van der Waals surface area contributed by atoms with Gasteiger partial charge in [-0.2, -0.15) is 0 Å². The van der Waals surface area contributed by atoms with E-state index in [2.05, 4.69) is 13.8 Å². The zero-order valence-electron chi connectivity index (χ0n) is 10.9. The van der Waals surface area contributed by atoms with E-state index in [0.717, 1.165) is 6.61 Å². The fourth-order valence-corrected chi connectivity index (χ4v) is 4.60. The van der Waals surface area contributed by atoms with Gasteiger partial charge in [0, 0.05) is 6.61 Å². The molecule has 0 saturated carbocycles. The fourth-order valence-electron chi connectivity index (χ4n) is 1.69. The van der Waals surface area contributed by atoms with Crippen molar-refractivity contribution < 1.29 is 9.16 Å². The van der Waals surface area contributed by atoms with Crippen LogP contribution in [0.25, 0.3) is 0 Å². The van der Waals surface area contributed by atoms with E-state index in [1.807, 2.05) is 13.8 Å². The lowest BCUT2D eigenvalue weighted by atomic mass is 10.4. The van der Waals surface area contributed by atoms with Gasteiger partial charge < -0.3 is 9.16 Å². The van der Waals surface area contributed by atoms with E-state index in [4.69, 9.17) is 9.16 Å². The molecule has 0 aromatic carbocycles. The van der Waals surface area contributed by atoms with Crippen LogP contribution in [-0.4, -0.2) is 21.9 Å². The fraction of sp³-hybridized carbons (Fsp3) is 1.00. The van der Waals surface area contributed by atoms with Crippen LogP contribution in [0.3, 0.4) is 0 Å². The van der Waals surface area contributed by atoms with Crippen molar-refractivity contribution in [2.45, 2.75) is 71.8 Å². The minimum absolute atomic E-state index is 0.0142. The van der Waals surface area contributed by atoms with Crippen molar-refractivity contribution in [1.82, 2.24) is 0 Å². The van der Waals surface area contributed by atoms with E-state index < -0.39 is 9.04 Å². The third kappa shape index (κ3) is 9.09. The first-order valence-corrected chi connectivity index (χ1v) is 8.62. The van der Waals surface area contributed by atoms with E-state index in [9.17, 15) is 0 Å². The predicted octanol–water partition coefficient (Wildman–Crippen LogP) is 3.71. The quantitative estimate of drug-likeness (QED) is 0.422. The Bertz CT molecular complexity index is 123. The molecule has 0 saturated heterocycles. The second-order valence-electron chi connectivity index (χ2n) is 4.07. The van der Waals surface area contributed by atoms with Crippen molar-refractivity contribution in [3.8, 4) is 0 Å². The molecular formula is C12H28O2Si. The van der Waals surface area contributed by atoms with Gasteiger partial charge >= 0.3 is 0 Å². The zero-order valence-corrected chi connectivity index (χ0v) is 12.1. The predicted molar refractivity (Wildman–Crippen MR) is 68.8 cm³/mol. The molecule has 1 atom stereocenters. The van der Waals surface area contributed by atoms with Gasteiger partial charge in [0.2, 0.25) is 0 Å². The lowest BCUT2D eigenvalue weighted by molar-refractivity contribution is -0.0645. The minimum atomic E-state index is -0.984. The zero-order chi connectivity index (χ0) is 11.5. The van der Waals surface area contributed by atoms with Gasteiger partial charge in [-0.3, -0.25) is 0 Å². The normalized spacial score (nSPS) is 13.4. The van der Waals surface area contributed by atoms with Crippen LogP contribution in [0, 0.1) is 0 Å². The van der Waals surface area contributed by atoms with Gasteiger partial charge in [0.05, 0.1) is 0 Å². The first-order chi connectivity index (χ1) is 7.24. The molecule has 0 aliphatic rings. The van der Waals surface area contributed by atoms with Crippen molar-refractivity contribution in [3.05, 3.63) is 0 Å². The third-order valence-corrected chi connectivity index (χ3v) is 5.42. The van der Waals surface area contributed by atoms with Crippen molar-refractivity contribution in [3.63, 3.8) is 0 Å². The van der Waals surface area contributed by atoms with Crippen LogP contribution in [0.1, 0.15) is 53.4 Å². The van der Waals surface area contributed by atoms with Crippen LogP contribution in [0.5, 0.6) is 0 Å². The summed E-state index contributed by atoms with van der Waals surface area (Å²) < 4.78 is 11.5. The Morgan fingerprint density at radius 2 is 1.53 bits per heavy atom. The molecule has 0 aliphatic carbocycles. The first kappa shape index (κ1) is 15.1. The summed E-state index contributed by atoms with van der Waals surface area (Å²) in [5, 5.41) is 0. The van der Waals surface area contributed by atoms with E-state index in [1.54, 1.807) is 0 Å². The molecule has 0 rings (SSSR count). The number of ether oxygens (including phenoxy) is 1. The Labute approximate surface area is 97.1 Å². The number of rotatable bonds is 10. The summed E-state index contributed by atoms with van der Waals surface area (Å²) in [5.41, 5.74) is 0. The van der Waals surface area contributed by atoms with Gasteiger partial charge in [-0.1, -0.05) is 39.5 Å². The maximum atomic E-state index is 6.01. The number of hydrogen-bond acceptors (Lipinski definition) is 2. The second-order valence-corrected chi connectivity index (χ2v) is 6.74. The van der Waals surface area contributed by atoms with Crippen molar-refractivity contribution in [1.29, 1.82) is 0 Å². The molecule has 0 radical (unpaired) electrons. The standard InChI is InChI=1S/C12H28O2Si/c1-5-8-10-15(11-9-6-2)14-12(4)13-7-3/h12,15H,5-11H2,1-4H3. The van der Waals surface area contributed by atoms with Gasteiger partial charge in [0.15, 0.2) is 9.04 Å². The molecule has 0 aromatic heterocycles. The molecule has 0 N–H and O–H groups in total. The number of unbranched alkanes of at least 4 members (excludes halogenated alkanes) is 2. The van der Waals surface area contributed by atoms with Crippen LogP contribution in [-0.2, 0) is 9.16 Å². The monoisotopic (exact) mass is 232 g/mol. The molecule has 0 aliphatic heterocycles. The van der Waals surface area contributed by atoms with E-state index in [1.165, 1.54) is 37.8 Å². The summed E-state index contributed by atoms with van der Waals surface area (Å²) in [4.78, 5) is 0. The highest BCUT2D eigenvalue weighted by atomic mass is 28.3. The highest BCUT2D eigenvalue weighted by molar-refractivity contribution is 6.51. The average Bonchev–Trinajstić information content (AvgIpc) is 2.22. The average molecular weight is 232 g/mol. The molecule has 0 fully saturated rings. The summed E-state index contributed by atoms with van der Waals surface area (Å²) in [6, 6.07) is 2.63. The van der Waals surface area contributed by atoms with Crippen molar-refractivity contribution >= 4 is 9.04 Å². The lowest BCUT2D eigenvalue weighted by Gasteiger charge is -2.21. The molecule has 0 spiro atoms. The molecule has 15 heavy (non-hydrogen) atoms. The Morgan fingerprint density at radius 1 is 1.00 bits per heavy atom. The third-order valence-electron chi connectivity index (χ3n) is 2.54. The maximum absolute atomic E-state index is 6.01. The largest absolute Gasteiger partial charge is 0.396 e. The molecule has 0 bridgehead atoms. The molecule has 2 nitrogen and oxygen atoms in total. The molecule has 0 aromatic rings. The summed E-state index contributed by atoms with van der Waals surface area (Å²) in [6.07, 6.45) is 5.21. The Morgan fingerprint density at radius 3 is 1.93 bits per heavy atom. The van der Waals surface area contributed by atoms with Gasteiger partial charge in [0.1, 0.15) is 6.29 Å². The van der Waals surface area contributed by atoms with E-state index in [0.29, 0.717) is 0 Å². The SMILES string of the molecule is CCCC[SiH](CCCC)OC(C)OCC. The highest BCUT2D eigenvalue weighted by Gasteiger charge is 2.14. The van der Waals surface area contributed by atoms with Crippen LogP contribution in [0.15, 0.2) is 0 Å². The Hall–Kier alpha value is 0.137. The van der Waals surface area contributed by atoms with Crippen LogP contribution < -0.4 is 0 Å². The summed E-state index contributed by atoms with van der Waals surface area (Å²) in [5.74, 6) is 0. The second kappa shape index (κ2) is 10.6. The van der Waals surface area contributed by atoms with Crippen LogP contribution in [0.2, 0.25) is 12.1 Å². The van der Waals surface area contributed by atoms with Crippen LogP contribution in [0.4, 0.5) is 0 Å². The van der Waals surface area contributed by atoms with Crippen LogP contribution >= 0.6 is 0 Å². The van der Waals surface area contributed by atoms with E-state index in [-0.39, 0.29) is 6.29 Å². The van der Waals surface area contributed by atoms with Gasteiger partial charge in [-0.25, -0.2) is 0 Å². The molecule has 1 unspecified atom stereocenters. The summed E-state index contributed by atoms with van der Waals surface area (Å²) in [6.45, 7) is 9.30. The Balaban J connectivity index is 3.76. The summed E-state index contributed by atoms with van der Waals surface area (Å²) >= 11 is 0. The minimum Gasteiger partial charge on any atom is -0.396 e. The molecule has 0 amide bonds.